The predicted octanol–water partition coefficient (Wildman–Crippen LogP) is 1.57. The van der Waals surface area contributed by atoms with Crippen molar-refractivity contribution in [2.24, 2.45) is 0 Å². The topological polar surface area (TPSA) is 75.6 Å². The molecule has 106 valence electrons. The molecule has 6 heteroatoms. The number of rotatable bonds is 5. The van der Waals surface area contributed by atoms with E-state index in [4.69, 9.17) is 0 Å². The number of aromatic amines is 1. The molecule has 0 saturated carbocycles. The standard InChI is InChI=1S/C15H15N5O/c21-15(18-8-6-14-16-9-10-17-14)12-2-4-13(5-3-12)20-11-1-7-19-20/h1-5,7,9-11H,6,8H2,(H,16,17)(H,18,21). The molecule has 0 bridgehead atoms. The van der Waals surface area contributed by atoms with Crippen molar-refractivity contribution in [2.45, 2.75) is 6.42 Å². The minimum absolute atomic E-state index is 0.0893. The third-order valence-corrected chi connectivity index (χ3v) is 3.10. The Balaban J connectivity index is 1.57. The Bertz CT molecular complexity index is 686. The van der Waals surface area contributed by atoms with Gasteiger partial charge >= 0.3 is 0 Å². The van der Waals surface area contributed by atoms with E-state index in [-0.39, 0.29) is 5.91 Å². The summed E-state index contributed by atoms with van der Waals surface area (Å²) in [5, 5.41) is 7.01. The predicted molar refractivity (Wildman–Crippen MR) is 78.2 cm³/mol. The van der Waals surface area contributed by atoms with E-state index in [2.05, 4.69) is 20.4 Å². The molecule has 0 aliphatic rings. The van der Waals surface area contributed by atoms with Crippen LogP contribution < -0.4 is 5.32 Å². The monoisotopic (exact) mass is 281 g/mol. The van der Waals surface area contributed by atoms with E-state index in [1.807, 2.05) is 24.4 Å². The SMILES string of the molecule is O=C(NCCc1ncc[nH]1)c1ccc(-n2cccn2)cc1. The van der Waals surface area contributed by atoms with Crippen molar-refractivity contribution < 1.29 is 4.79 Å². The molecule has 1 aromatic carbocycles. The molecule has 3 rings (SSSR count). The lowest BCUT2D eigenvalue weighted by molar-refractivity contribution is 0.0954. The number of carbonyl (C=O) groups is 1. The number of hydrogen-bond donors (Lipinski definition) is 2. The molecule has 0 saturated heterocycles. The van der Waals surface area contributed by atoms with Crippen molar-refractivity contribution in [1.29, 1.82) is 0 Å². The van der Waals surface area contributed by atoms with Crippen LogP contribution in [0.3, 0.4) is 0 Å². The average Bonchev–Trinajstić information content (AvgIpc) is 3.21. The van der Waals surface area contributed by atoms with E-state index in [1.54, 1.807) is 35.4 Å². The Labute approximate surface area is 121 Å². The molecule has 0 aliphatic heterocycles. The number of hydrogen-bond acceptors (Lipinski definition) is 3. The summed E-state index contributed by atoms with van der Waals surface area (Å²) in [5.74, 6) is 0.776. The van der Waals surface area contributed by atoms with Crippen LogP contribution in [0.15, 0.2) is 55.1 Å². The smallest absolute Gasteiger partial charge is 0.251 e. The van der Waals surface area contributed by atoms with Gasteiger partial charge in [-0.2, -0.15) is 5.10 Å². The van der Waals surface area contributed by atoms with Crippen LogP contribution in [0.4, 0.5) is 0 Å². The molecule has 0 atom stereocenters. The van der Waals surface area contributed by atoms with Crippen molar-refractivity contribution in [2.75, 3.05) is 6.54 Å². The molecule has 0 fully saturated rings. The molecule has 2 N–H and O–H groups in total. The number of carbonyl (C=O) groups excluding carboxylic acids is 1. The Kier molecular flexibility index (Phi) is 3.77. The highest BCUT2D eigenvalue weighted by molar-refractivity contribution is 5.94. The molecule has 0 radical (unpaired) electrons. The van der Waals surface area contributed by atoms with Crippen LogP contribution in [0.5, 0.6) is 0 Å². The third-order valence-electron chi connectivity index (χ3n) is 3.10. The Morgan fingerprint density at radius 2 is 2.10 bits per heavy atom. The van der Waals surface area contributed by atoms with Crippen LogP contribution >= 0.6 is 0 Å². The van der Waals surface area contributed by atoms with Crippen LogP contribution in [0, 0.1) is 0 Å². The molecule has 0 unspecified atom stereocenters. The van der Waals surface area contributed by atoms with Crippen molar-refractivity contribution >= 4 is 5.91 Å². The zero-order chi connectivity index (χ0) is 14.5. The van der Waals surface area contributed by atoms with Crippen LogP contribution in [-0.2, 0) is 6.42 Å². The first-order chi connectivity index (χ1) is 10.3. The van der Waals surface area contributed by atoms with Crippen LogP contribution in [0.1, 0.15) is 16.2 Å². The van der Waals surface area contributed by atoms with Crippen molar-refractivity contribution in [3.8, 4) is 5.69 Å². The van der Waals surface area contributed by atoms with Gasteiger partial charge in [0.25, 0.3) is 5.91 Å². The minimum Gasteiger partial charge on any atom is -0.352 e. The summed E-state index contributed by atoms with van der Waals surface area (Å²) >= 11 is 0. The first-order valence-electron chi connectivity index (χ1n) is 6.69. The van der Waals surface area contributed by atoms with Gasteiger partial charge in [-0.05, 0) is 30.3 Å². The maximum atomic E-state index is 12.0. The van der Waals surface area contributed by atoms with Gasteiger partial charge in [-0.3, -0.25) is 4.79 Å². The highest BCUT2D eigenvalue weighted by Gasteiger charge is 2.05. The number of nitrogens with one attached hydrogen (secondary N) is 2. The van der Waals surface area contributed by atoms with Gasteiger partial charge in [0.05, 0.1) is 5.69 Å². The molecule has 21 heavy (non-hydrogen) atoms. The van der Waals surface area contributed by atoms with Crippen LogP contribution in [-0.4, -0.2) is 32.2 Å². The van der Waals surface area contributed by atoms with Gasteiger partial charge in [0.1, 0.15) is 5.82 Å². The average molecular weight is 281 g/mol. The number of nitrogens with zero attached hydrogens (tertiary/aromatic N) is 3. The van der Waals surface area contributed by atoms with E-state index in [1.165, 1.54) is 0 Å². The van der Waals surface area contributed by atoms with Gasteiger partial charge in [-0.15, -0.1) is 0 Å². The summed E-state index contributed by atoms with van der Waals surface area (Å²) in [6.45, 7) is 0.549. The van der Waals surface area contributed by atoms with Crippen molar-refractivity contribution in [1.82, 2.24) is 25.1 Å². The van der Waals surface area contributed by atoms with E-state index in [9.17, 15) is 4.79 Å². The lowest BCUT2D eigenvalue weighted by Gasteiger charge is -2.06. The van der Waals surface area contributed by atoms with Crippen LogP contribution in [0.2, 0.25) is 0 Å². The zero-order valence-corrected chi connectivity index (χ0v) is 11.4. The Morgan fingerprint density at radius 1 is 1.24 bits per heavy atom. The largest absolute Gasteiger partial charge is 0.352 e. The van der Waals surface area contributed by atoms with E-state index >= 15 is 0 Å². The van der Waals surface area contributed by atoms with Gasteiger partial charge < -0.3 is 10.3 Å². The second-order valence-electron chi connectivity index (χ2n) is 4.54. The maximum Gasteiger partial charge on any atom is 0.251 e. The third kappa shape index (κ3) is 3.17. The van der Waals surface area contributed by atoms with Gasteiger partial charge in [0.15, 0.2) is 0 Å². The molecule has 2 heterocycles. The van der Waals surface area contributed by atoms with E-state index in [0.29, 0.717) is 18.5 Å². The summed E-state index contributed by atoms with van der Waals surface area (Å²) < 4.78 is 1.75. The Hall–Kier alpha value is -2.89. The summed E-state index contributed by atoms with van der Waals surface area (Å²) in [6.07, 6.45) is 7.73. The molecule has 0 spiro atoms. The second-order valence-corrected chi connectivity index (χ2v) is 4.54. The summed E-state index contributed by atoms with van der Waals surface area (Å²) in [6, 6.07) is 9.18. The molecule has 1 amide bonds. The molecule has 0 aliphatic carbocycles. The quantitative estimate of drug-likeness (QED) is 0.745. The highest BCUT2D eigenvalue weighted by Crippen LogP contribution is 2.08. The number of H-pyrrole nitrogens is 1. The second kappa shape index (κ2) is 6.04. The first-order valence-corrected chi connectivity index (χ1v) is 6.69. The fourth-order valence-electron chi connectivity index (χ4n) is 2.02. The molecule has 6 nitrogen and oxygen atoms in total. The van der Waals surface area contributed by atoms with Crippen molar-refractivity contribution in [3.05, 3.63) is 66.5 Å². The summed E-state index contributed by atoms with van der Waals surface area (Å²) in [5.41, 5.74) is 1.55. The molecular weight excluding hydrogens is 266 g/mol. The van der Waals surface area contributed by atoms with Gasteiger partial charge in [0.2, 0.25) is 0 Å². The lowest BCUT2D eigenvalue weighted by Crippen LogP contribution is -2.25. The van der Waals surface area contributed by atoms with Gasteiger partial charge in [-0.1, -0.05) is 0 Å². The fraction of sp³-hybridized carbons (Fsp3) is 0.133. The number of imidazole rings is 1. The molecule has 2 aromatic heterocycles. The first kappa shape index (κ1) is 13.1. The Morgan fingerprint density at radius 3 is 2.76 bits per heavy atom. The number of benzene rings is 1. The summed E-state index contributed by atoms with van der Waals surface area (Å²) in [7, 11) is 0. The molecule has 3 aromatic rings. The molecular formula is C15H15N5O. The maximum absolute atomic E-state index is 12.0. The fourth-order valence-corrected chi connectivity index (χ4v) is 2.02. The summed E-state index contributed by atoms with van der Waals surface area (Å²) in [4.78, 5) is 19.1. The number of amides is 1. The zero-order valence-electron chi connectivity index (χ0n) is 11.4. The van der Waals surface area contributed by atoms with Crippen LogP contribution in [0.25, 0.3) is 5.69 Å². The van der Waals surface area contributed by atoms with E-state index < -0.39 is 0 Å². The highest BCUT2D eigenvalue weighted by atomic mass is 16.1. The number of aromatic nitrogens is 4. The van der Waals surface area contributed by atoms with Gasteiger partial charge in [-0.25, -0.2) is 9.67 Å². The lowest BCUT2D eigenvalue weighted by atomic mass is 10.2. The van der Waals surface area contributed by atoms with E-state index in [0.717, 1.165) is 11.5 Å². The van der Waals surface area contributed by atoms with Crippen molar-refractivity contribution in [3.63, 3.8) is 0 Å². The van der Waals surface area contributed by atoms with Gasteiger partial charge in [0, 0.05) is 43.3 Å². The minimum atomic E-state index is -0.0893. The normalized spacial score (nSPS) is 10.5.